The van der Waals surface area contributed by atoms with Gasteiger partial charge in [-0.3, -0.25) is 10.3 Å². The van der Waals surface area contributed by atoms with Crippen LogP contribution in [0.5, 0.6) is 0 Å². The average Bonchev–Trinajstić information content (AvgIpc) is 2.30. The standard InChI is InChI=1S/C14H20ClN3O/c1-14(2)9-18(5-6-19-14)8-11-4-3-10(13(16)17)7-12(11)15/h3-4,7H,5-6,8-9H2,1-2H3,(H3,16,17). The van der Waals surface area contributed by atoms with Crippen LogP contribution in [0.4, 0.5) is 0 Å². The molecule has 104 valence electrons. The molecule has 1 aromatic carbocycles. The minimum Gasteiger partial charge on any atom is -0.384 e. The molecular formula is C14H20ClN3O. The van der Waals surface area contributed by atoms with Crippen LogP contribution < -0.4 is 5.73 Å². The van der Waals surface area contributed by atoms with E-state index in [0.717, 1.165) is 31.8 Å². The molecule has 1 saturated heterocycles. The number of benzene rings is 1. The van der Waals surface area contributed by atoms with E-state index in [-0.39, 0.29) is 11.4 Å². The highest BCUT2D eigenvalue weighted by atomic mass is 35.5. The number of nitrogens with one attached hydrogen (secondary N) is 1. The van der Waals surface area contributed by atoms with E-state index in [9.17, 15) is 0 Å². The van der Waals surface area contributed by atoms with E-state index in [4.69, 9.17) is 27.5 Å². The van der Waals surface area contributed by atoms with Gasteiger partial charge >= 0.3 is 0 Å². The number of rotatable bonds is 3. The Hall–Kier alpha value is -1.10. The van der Waals surface area contributed by atoms with Gasteiger partial charge in [-0.1, -0.05) is 23.7 Å². The zero-order valence-corrected chi connectivity index (χ0v) is 12.1. The minimum atomic E-state index is -0.107. The summed E-state index contributed by atoms with van der Waals surface area (Å²) < 4.78 is 5.69. The molecule has 1 aromatic rings. The number of ether oxygens (including phenoxy) is 1. The Morgan fingerprint density at radius 3 is 2.84 bits per heavy atom. The molecule has 2 rings (SSSR count). The lowest BCUT2D eigenvalue weighted by Gasteiger charge is -2.38. The number of halogens is 1. The third-order valence-corrected chi connectivity index (χ3v) is 3.61. The van der Waals surface area contributed by atoms with Gasteiger partial charge in [0.25, 0.3) is 0 Å². The van der Waals surface area contributed by atoms with Gasteiger partial charge in [-0.15, -0.1) is 0 Å². The summed E-state index contributed by atoms with van der Waals surface area (Å²) in [5.41, 5.74) is 7.07. The van der Waals surface area contributed by atoms with Crippen molar-refractivity contribution in [1.29, 1.82) is 5.41 Å². The maximum Gasteiger partial charge on any atom is 0.122 e. The van der Waals surface area contributed by atoms with Gasteiger partial charge in [-0.25, -0.2) is 0 Å². The lowest BCUT2D eigenvalue weighted by Crippen LogP contribution is -2.47. The highest BCUT2D eigenvalue weighted by Gasteiger charge is 2.27. The molecule has 1 aliphatic heterocycles. The van der Waals surface area contributed by atoms with Crippen LogP contribution >= 0.6 is 11.6 Å². The lowest BCUT2D eigenvalue weighted by molar-refractivity contribution is -0.0882. The van der Waals surface area contributed by atoms with Gasteiger partial charge in [0, 0.05) is 30.2 Å². The van der Waals surface area contributed by atoms with Gasteiger partial charge < -0.3 is 10.5 Å². The number of amidine groups is 1. The molecule has 1 fully saturated rings. The Labute approximate surface area is 119 Å². The molecule has 0 unspecified atom stereocenters. The fraction of sp³-hybridized carbons (Fsp3) is 0.500. The third kappa shape index (κ3) is 3.69. The molecule has 0 amide bonds. The minimum absolute atomic E-state index is 0.0426. The maximum absolute atomic E-state index is 7.40. The third-order valence-electron chi connectivity index (χ3n) is 3.26. The number of morpholine rings is 1. The average molecular weight is 282 g/mol. The monoisotopic (exact) mass is 281 g/mol. The summed E-state index contributed by atoms with van der Waals surface area (Å²) in [6, 6.07) is 5.54. The summed E-state index contributed by atoms with van der Waals surface area (Å²) in [4.78, 5) is 2.33. The number of hydrogen-bond donors (Lipinski definition) is 2. The number of hydrogen-bond acceptors (Lipinski definition) is 3. The molecule has 0 aliphatic carbocycles. The van der Waals surface area contributed by atoms with E-state index in [2.05, 4.69) is 18.7 Å². The molecule has 1 heterocycles. The van der Waals surface area contributed by atoms with Crippen molar-refractivity contribution in [2.75, 3.05) is 19.7 Å². The molecule has 0 spiro atoms. The Kier molecular flexibility index (Phi) is 4.13. The molecule has 5 heteroatoms. The van der Waals surface area contributed by atoms with Crippen molar-refractivity contribution in [2.24, 2.45) is 5.73 Å². The van der Waals surface area contributed by atoms with Crippen molar-refractivity contribution in [1.82, 2.24) is 4.90 Å². The SMILES string of the molecule is CC1(C)CN(Cc2ccc(C(=N)N)cc2Cl)CCO1. The van der Waals surface area contributed by atoms with Crippen molar-refractivity contribution in [3.63, 3.8) is 0 Å². The van der Waals surface area contributed by atoms with Gasteiger partial charge in [0.1, 0.15) is 5.84 Å². The number of nitrogens with zero attached hydrogens (tertiary/aromatic N) is 1. The Morgan fingerprint density at radius 1 is 1.53 bits per heavy atom. The fourth-order valence-corrected chi connectivity index (χ4v) is 2.57. The van der Waals surface area contributed by atoms with E-state index < -0.39 is 0 Å². The second-order valence-electron chi connectivity index (χ2n) is 5.54. The van der Waals surface area contributed by atoms with E-state index in [0.29, 0.717) is 10.6 Å². The summed E-state index contributed by atoms with van der Waals surface area (Å²) in [6.07, 6.45) is 0. The first-order valence-corrected chi connectivity index (χ1v) is 6.74. The lowest BCUT2D eigenvalue weighted by atomic mass is 10.1. The summed E-state index contributed by atoms with van der Waals surface area (Å²) in [5, 5.41) is 8.06. The van der Waals surface area contributed by atoms with Gasteiger partial charge in [0.2, 0.25) is 0 Å². The van der Waals surface area contributed by atoms with Crippen molar-refractivity contribution >= 4 is 17.4 Å². The first kappa shape index (κ1) is 14.3. The second kappa shape index (κ2) is 5.49. The maximum atomic E-state index is 7.40. The zero-order chi connectivity index (χ0) is 14.0. The molecule has 0 aromatic heterocycles. The summed E-state index contributed by atoms with van der Waals surface area (Å²) in [7, 11) is 0. The Balaban J connectivity index is 2.09. The zero-order valence-electron chi connectivity index (χ0n) is 11.4. The van der Waals surface area contributed by atoms with E-state index in [1.165, 1.54) is 0 Å². The smallest absolute Gasteiger partial charge is 0.122 e. The van der Waals surface area contributed by atoms with Crippen molar-refractivity contribution in [2.45, 2.75) is 26.0 Å². The van der Waals surface area contributed by atoms with Crippen LogP contribution in [0, 0.1) is 5.41 Å². The van der Waals surface area contributed by atoms with Crippen molar-refractivity contribution < 1.29 is 4.74 Å². The summed E-state index contributed by atoms with van der Waals surface area (Å²) >= 11 is 6.25. The molecule has 1 aliphatic rings. The molecule has 3 N–H and O–H groups in total. The first-order chi connectivity index (χ1) is 8.87. The van der Waals surface area contributed by atoms with E-state index in [1.807, 2.05) is 12.1 Å². The quantitative estimate of drug-likeness (QED) is 0.660. The Bertz CT molecular complexity index is 488. The van der Waals surface area contributed by atoms with Crippen molar-refractivity contribution in [3.05, 3.63) is 34.3 Å². The van der Waals surface area contributed by atoms with Gasteiger partial charge in [0.15, 0.2) is 0 Å². The normalized spacial score (nSPS) is 19.3. The van der Waals surface area contributed by atoms with Gasteiger partial charge in [-0.05, 0) is 25.5 Å². The van der Waals surface area contributed by atoms with Gasteiger partial charge in [-0.2, -0.15) is 0 Å². The highest BCUT2D eigenvalue weighted by molar-refractivity contribution is 6.31. The van der Waals surface area contributed by atoms with Crippen LogP contribution in [-0.4, -0.2) is 36.0 Å². The predicted molar refractivity (Wildman–Crippen MR) is 77.8 cm³/mol. The van der Waals surface area contributed by atoms with Crippen LogP contribution in [0.25, 0.3) is 0 Å². The van der Waals surface area contributed by atoms with E-state index in [1.54, 1.807) is 6.07 Å². The van der Waals surface area contributed by atoms with Crippen LogP contribution in [0.3, 0.4) is 0 Å². The van der Waals surface area contributed by atoms with Crippen LogP contribution in [0.2, 0.25) is 5.02 Å². The first-order valence-electron chi connectivity index (χ1n) is 6.36. The largest absolute Gasteiger partial charge is 0.384 e. The molecule has 0 atom stereocenters. The molecule has 0 radical (unpaired) electrons. The second-order valence-corrected chi connectivity index (χ2v) is 5.95. The van der Waals surface area contributed by atoms with Crippen molar-refractivity contribution in [3.8, 4) is 0 Å². The summed E-state index contributed by atoms with van der Waals surface area (Å²) in [6.45, 7) is 7.53. The van der Waals surface area contributed by atoms with E-state index >= 15 is 0 Å². The number of nitrogen functional groups attached to an aromatic ring is 1. The predicted octanol–water partition coefficient (Wildman–Crippen LogP) is 2.23. The molecule has 19 heavy (non-hydrogen) atoms. The molecular weight excluding hydrogens is 262 g/mol. The van der Waals surface area contributed by atoms with Crippen LogP contribution in [0.15, 0.2) is 18.2 Å². The summed E-state index contributed by atoms with van der Waals surface area (Å²) in [5.74, 6) is 0.0426. The molecule has 0 saturated carbocycles. The van der Waals surface area contributed by atoms with Crippen LogP contribution in [0.1, 0.15) is 25.0 Å². The Morgan fingerprint density at radius 2 is 2.26 bits per heavy atom. The van der Waals surface area contributed by atoms with Gasteiger partial charge in [0.05, 0.1) is 12.2 Å². The topological polar surface area (TPSA) is 62.3 Å². The molecule has 4 nitrogen and oxygen atoms in total. The highest BCUT2D eigenvalue weighted by Crippen LogP contribution is 2.23. The fourth-order valence-electron chi connectivity index (χ4n) is 2.33. The van der Waals surface area contributed by atoms with Crippen LogP contribution in [-0.2, 0) is 11.3 Å². The number of nitrogens with two attached hydrogens (primary N) is 1. The molecule has 0 bridgehead atoms.